The predicted molar refractivity (Wildman–Crippen MR) is 76.9 cm³/mol. The number of imidazole rings is 1. The molecule has 3 heterocycles. The first-order valence-corrected chi connectivity index (χ1v) is 7.08. The highest BCUT2D eigenvalue weighted by Crippen LogP contribution is 2.13. The smallest absolute Gasteiger partial charge is 0.249 e. The van der Waals surface area contributed by atoms with E-state index >= 15 is 0 Å². The number of pyridine rings is 1. The molecule has 1 fully saturated rings. The number of aryl methyl sites for hydroxylation is 1. The van der Waals surface area contributed by atoms with Gasteiger partial charge in [0.2, 0.25) is 5.91 Å². The minimum absolute atomic E-state index is 0.0373. The Labute approximate surface area is 123 Å². The second-order valence-electron chi connectivity index (χ2n) is 5.09. The highest BCUT2D eigenvalue weighted by molar-refractivity contribution is 5.80. The first-order valence-electron chi connectivity index (χ1n) is 7.08. The summed E-state index contributed by atoms with van der Waals surface area (Å²) in [5.74, 6) is 1.64. The molecule has 110 valence electrons. The summed E-state index contributed by atoms with van der Waals surface area (Å²) in [5.41, 5.74) is 0.999. The van der Waals surface area contributed by atoms with E-state index < -0.39 is 0 Å². The van der Waals surface area contributed by atoms with Crippen LogP contribution in [0.25, 0.3) is 5.82 Å². The van der Waals surface area contributed by atoms with E-state index in [1.807, 2.05) is 29.8 Å². The second-order valence-corrected chi connectivity index (χ2v) is 5.09. The van der Waals surface area contributed by atoms with Crippen molar-refractivity contribution in [3.05, 3.63) is 42.1 Å². The molecule has 6 heteroatoms. The van der Waals surface area contributed by atoms with E-state index in [4.69, 9.17) is 4.74 Å². The maximum Gasteiger partial charge on any atom is 0.249 e. The van der Waals surface area contributed by atoms with Gasteiger partial charge in [-0.3, -0.25) is 9.36 Å². The number of hydrogen-bond donors (Lipinski definition) is 1. The van der Waals surface area contributed by atoms with Crippen LogP contribution in [0, 0.1) is 6.92 Å². The lowest BCUT2D eigenvalue weighted by Crippen LogP contribution is -2.33. The average molecular weight is 286 g/mol. The number of nitrogens with one attached hydrogen (secondary N) is 1. The molecule has 21 heavy (non-hydrogen) atoms. The molecule has 6 nitrogen and oxygen atoms in total. The fraction of sp³-hybridized carbons (Fsp3) is 0.400. The Morgan fingerprint density at radius 2 is 2.38 bits per heavy atom. The third-order valence-electron chi connectivity index (χ3n) is 3.57. The van der Waals surface area contributed by atoms with Crippen LogP contribution in [0.1, 0.15) is 24.2 Å². The van der Waals surface area contributed by atoms with E-state index in [1.165, 1.54) is 0 Å². The summed E-state index contributed by atoms with van der Waals surface area (Å²) >= 11 is 0. The molecule has 3 rings (SSSR count). The number of carbonyl (C=O) groups is 1. The maximum absolute atomic E-state index is 11.9. The standard InChI is InChI=1S/C15H18N4O2/c1-11-16-6-7-19(11)14-9-12(4-5-17-14)10-18-15(20)13-3-2-8-21-13/h4-7,9,13H,2-3,8,10H2,1H3,(H,18,20)/t13-/m1/s1. The monoisotopic (exact) mass is 286 g/mol. The third kappa shape index (κ3) is 3.11. The minimum atomic E-state index is -0.290. The lowest BCUT2D eigenvalue weighted by atomic mass is 10.2. The molecule has 1 saturated heterocycles. The van der Waals surface area contributed by atoms with Gasteiger partial charge < -0.3 is 10.1 Å². The molecule has 0 unspecified atom stereocenters. The van der Waals surface area contributed by atoms with E-state index in [1.54, 1.807) is 12.4 Å². The van der Waals surface area contributed by atoms with Crippen LogP contribution in [0.2, 0.25) is 0 Å². The summed E-state index contributed by atoms with van der Waals surface area (Å²) in [5, 5.41) is 2.91. The van der Waals surface area contributed by atoms with Gasteiger partial charge in [0.1, 0.15) is 17.7 Å². The largest absolute Gasteiger partial charge is 0.368 e. The Balaban J connectivity index is 1.66. The SMILES string of the molecule is Cc1nccn1-c1cc(CNC(=O)[C@H]2CCCO2)ccn1. The second kappa shape index (κ2) is 6.05. The molecule has 1 amide bonds. The van der Waals surface area contributed by atoms with Crippen molar-refractivity contribution in [3.63, 3.8) is 0 Å². The van der Waals surface area contributed by atoms with Crippen molar-refractivity contribution in [2.45, 2.75) is 32.4 Å². The van der Waals surface area contributed by atoms with E-state index in [0.717, 1.165) is 30.0 Å². The van der Waals surface area contributed by atoms with Crippen LogP contribution in [-0.2, 0) is 16.1 Å². The Morgan fingerprint density at radius 1 is 1.48 bits per heavy atom. The van der Waals surface area contributed by atoms with Crippen molar-refractivity contribution in [1.82, 2.24) is 19.9 Å². The highest BCUT2D eigenvalue weighted by Gasteiger charge is 2.22. The van der Waals surface area contributed by atoms with Gasteiger partial charge in [0.25, 0.3) is 0 Å². The quantitative estimate of drug-likeness (QED) is 0.921. The van der Waals surface area contributed by atoms with Gasteiger partial charge in [-0.15, -0.1) is 0 Å². The van der Waals surface area contributed by atoms with Crippen molar-refractivity contribution in [1.29, 1.82) is 0 Å². The number of amides is 1. The zero-order valence-corrected chi connectivity index (χ0v) is 12.0. The van der Waals surface area contributed by atoms with E-state index in [0.29, 0.717) is 13.2 Å². The molecular weight excluding hydrogens is 268 g/mol. The molecule has 0 aliphatic carbocycles. The van der Waals surface area contributed by atoms with Crippen LogP contribution >= 0.6 is 0 Å². The lowest BCUT2D eigenvalue weighted by molar-refractivity contribution is -0.130. The normalized spacial score (nSPS) is 17.9. The highest BCUT2D eigenvalue weighted by atomic mass is 16.5. The van der Waals surface area contributed by atoms with Gasteiger partial charge in [-0.2, -0.15) is 0 Å². The zero-order valence-electron chi connectivity index (χ0n) is 12.0. The zero-order chi connectivity index (χ0) is 14.7. The summed E-state index contributed by atoms with van der Waals surface area (Å²) in [6.45, 7) is 3.08. The molecule has 0 saturated carbocycles. The fourth-order valence-corrected chi connectivity index (χ4v) is 2.41. The summed E-state index contributed by atoms with van der Waals surface area (Å²) in [4.78, 5) is 20.4. The van der Waals surface area contributed by atoms with Gasteiger partial charge in [-0.05, 0) is 37.5 Å². The van der Waals surface area contributed by atoms with Crippen LogP contribution in [0.3, 0.4) is 0 Å². The number of aromatic nitrogens is 3. The summed E-state index contributed by atoms with van der Waals surface area (Å²) in [6, 6.07) is 3.84. The van der Waals surface area contributed by atoms with E-state index in [2.05, 4.69) is 15.3 Å². The number of nitrogens with zero attached hydrogens (tertiary/aromatic N) is 3. The molecule has 0 aromatic carbocycles. The van der Waals surface area contributed by atoms with Crippen molar-refractivity contribution in [2.24, 2.45) is 0 Å². The summed E-state index contributed by atoms with van der Waals surface area (Å²) in [7, 11) is 0. The Kier molecular flexibility index (Phi) is 3.96. The first kappa shape index (κ1) is 13.8. The third-order valence-corrected chi connectivity index (χ3v) is 3.57. The summed E-state index contributed by atoms with van der Waals surface area (Å²) < 4.78 is 7.27. The van der Waals surface area contributed by atoms with Gasteiger partial charge in [-0.1, -0.05) is 0 Å². The molecular formula is C15H18N4O2. The van der Waals surface area contributed by atoms with Crippen LogP contribution in [-0.4, -0.2) is 33.2 Å². The van der Waals surface area contributed by atoms with Crippen molar-refractivity contribution < 1.29 is 9.53 Å². The van der Waals surface area contributed by atoms with Crippen molar-refractivity contribution in [3.8, 4) is 5.82 Å². The predicted octanol–water partition coefficient (Wildman–Crippen LogP) is 1.37. The van der Waals surface area contributed by atoms with Gasteiger partial charge in [0, 0.05) is 31.7 Å². The topological polar surface area (TPSA) is 69.0 Å². The Morgan fingerprint density at radius 3 is 3.10 bits per heavy atom. The molecule has 0 bridgehead atoms. The van der Waals surface area contributed by atoms with Gasteiger partial charge >= 0.3 is 0 Å². The lowest BCUT2D eigenvalue weighted by Gasteiger charge is -2.11. The number of hydrogen-bond acceptors (Lipinski definition) is 4. The molecule has 1 aliphatic heterocycles. The van der Waals surface area contributed by atoms with E-state index in [9.17, 15) is 4.79 Å². The number of rotatable bonds is 4. The van der Waals surface area contributed by atoms with Crippen LogP contribution in [0.5, 0.6) is 0 Å². The average Bonchev–Trinajstić information content (AvgIpc) is 3.16. The molecule has 0 spiro atoms. The molecule has 2 aromatic rings. The minimum Gasteiger partial charge on any atom is -0.368 e. The van der Waals surface area contributed by atoms with Crippen LogP contribution in [0.4, 0.5) is 0 Å². The molecule has 2 aromatic heterocycles. The summed E-state index contributed by atoms with van der Waals surface area (Å²) in [6.07, 6.45) is 6.82. The first-order chi connectivity index (χ1) is 10.2. The van der Waals surface area contributed by atoms with Gasteiger partial charge in [0.05, 0.1) is 0 Å². The van der Waals surface area contributed by atoms with Crippen LogP contribution in [0.15, 0.2) is 30.7 Å². The van der Waals surface area contributed by atoms with Crippen molar-refractivity contribution in [2.75, 3.05) is 6.61 Å². The molecule has 0 radical (unpaired) electrons. The number of carbonyl (C=O) groups excluding carboxylic acids is 1. The fourth-order valence-electron chi connectivity index (χ4n) is 2.41. The molecule has 1 N–H and O–H groups in total. The molecule has 1 atom stereocenters. The van der Waals surface area contributed by atoms with Crippen LogP contribution < -0.4 is 5.32 Å². The van der Waals surface area contributed by atoms with Gasteiger partial charge in [0.15, 0.2) is 0 Å². The maximum atomic E-state index is 11.9. The Bertz CT molecular complexity index is 632. The number of ether oxygens (including phenoxy) is 1. The molecule has 1 aliphatic rings. The van der Waals surface area contributed by atoms with Gasteiger partial charge in [-0.25, -0.2) is 9.97 Å². The van der Waals surface area contributed by atoms with Crippen molar-refractivity contribution >= 4 is 5.91 Å². The van der Waals surface area contributed by atoms with E-state index in [-0.39, 0.29) is 12.0 Å². The Hall–Kier alpha value is -2.21.